The molecule has 0 radical (unpaired) electrons. The van der Waals surface area contributed by atoms with E-state index in [1.165, 1.54) is 24.9 Å². The van der Waals surface area contributed by atoms with Crippen molar-refractivity contribution in [1.82, 2.24) is 5.32 Å². The molecule has 2 amide bonds. The van der Waals surface area contributed by atoms with Crippen molar-refractivity contribution in [1.29, 1.82) is 0 Å². The second kappa shape index (κ2) is 12.4. The van der Waals surface area contributed by atoms with Crippen molar-refractivity contribution < 1.29 is 23.9 Å². The minimum atomic E-state index is -0.917. The number of amides is 2. The molecular weight excluding hydrogens is 463 g/mol. The van der Waals surface area contributed by atoms with Gasteiger partial charge in [-0.15, -0.1) is 0 Å². The van der Waals surface area contributed by atoms with Gasteiger partial charge in [-0.2, -0.15) is 11.8 Å². The average molecular weight is 485 g/mol. The third-order valence-corrected chi connectivity index (χ3v) is 5.37. The van der Waals surface area contributed by atoms with Gasteiger partial charge in [0, 0.05) is 5.69 Å². The van der Waals surface area contributed by atoms with Gasteiger partial charge in [0.2, 0.25) is 0 Å². The maximum Gasteiger partial charge on any atom is 0.329 e. The molecule has 2 N–H and O–H groups in total. The third kappa shape index (κ3) is 7.65. The van der Waals surface area contributed by atoms with E-state index in [1.54, 1.807) is 36.4 Å². The molecule has 1 atom stereocenters. The van der Waals surface area contributed by atoms with Gasteiger partial charge in [-0.05, 0) is 48.8 Å². The van der Waals surface area contributed by atoms with E-state index in [-0.39, 0.29) is 10.6 Å². The van der Waals surface area contributed by atoms with Crippen LogP contribution in [0, 0.1) is 0 Å². The maximum atomic E-state index is 12.5. The Morgan fingerprint density at radius 3 is 2.48 bits per heavy atom. The van der Waals surface area contributed by atoms with E-state index in [9.17, 15) is 14.4 Å². The summed E-state index contributed by atoms with van der Waals surface area (Å²) in [6.45, 7) is -0.514. The van der Waals surface area contributed by atoms with Crippen molar-refractivity contribution in [2.75, 3.05) is 31.0 Å². The number of hydrogen-bond donors (Lipinski definition) is 2. The van der Waals surface area contributed by atoms with Gasteiger partial charge in [0.05, 0.1) is 22.7 Å². The lowest BCUT2D eigenvalue weighted by Crippen LogP contribution is -2.43. The molecule has 0 fully saturated rings. The molecule has 2 aromatic carbocycles. The zero-order valence-corrected chi connectivity index (χ0v) is 19.3. The first-order chi connectivity index (χ1) is 14.8. The molecule has 166 valence electrons. The Balaban J connectivity index is 1.95. The predicted molar refractivity (Wildman–Crippen MR) is 123 cm³/mol. The minimum Gasteiger partial charge on any atom is -0.495 e. The van der Waals surface area contributed by atoms with Gasteiger partial charge in [0.25, 0.3) is 11.8 Å². The first-order valence-electron chi connectivity index (χ1n) is 9.20. The van der Waals surface area contributed by atoms with Crippen LogP contribution in [-0.2, 0) is 14.3 Å². The smallest absolute Gasteiger partial charge is 0.329 e. The quantitative estimate of drug-likeness (QED) is 0.494. The second-order valence-corrected chi connectivity index (χ2v) is 8.09. The molecule has 0 aromatic heterocycles. The fourth-order valence-corrected chi connectivity index (χ4v) is 3.50. The van der Waals surface area contributed by atoms with Crippen molar-refractivity contribution in [3.8, 4) is 5.75 Å². The summed E-state index contributed by atoms with van der Waals surface area (Å²) in [7, 11) is 1.48. The van der Waals surface area contributed by atoms with Crippen LogP contribution in [0.3, 0.4) is 0 Å². The van der Waals surface area contributed by atoms with Gasteiger partial charge in [-0.25, -0.2) is 4.79 Å². The zero-order valence-electron chi connectivity index (χ0n) is 16.9. The highest BCUT2D eigenvalue weighted by atomic mass is 35.5. The first kappa shape index (κ1) is 24.8. The predicted octanol–water partition coefficient (Wildman–Crippen LogP) is 4.04. The normalized spacial score (nSPS) is 11.4. The molecule has 0 heterocycles. The summed E-state index contributed by atoms with van der Waals surface area (Å²) in [5.41, 5.74) is 0.679. The Hall–Kier alpha value is -2.42. The van der Waals surface area contributed by atoms with Crippen LogP contribution in [0.5, 0.6) is 5.75 Å². The highest BCUT2D eigenvalue weighted by Gasteiger charge is 2.24. The van der Waals surface area contributed by atoms with Gasteiger partial charge in [-0.1, -0.05) is 35.3 Å². The molecular formula is C21H22Cl2N2O5S. The van der Waals surface area contributed by atoms with Crippen LogP contribution in [0.1, 0.15) is 16.8 Å². The summed E-state index contributed by atoms with van der Waals surface area (Å²) in [5.74, 6) is -0.671. The number of carbonyl (C=O) groups is 3. The number of ether oxygens (including phenoxy) is 2. The van der Waals surface area contributed by atoms with Crippen LogP contribution in [0.15, 0.2) is 42.5 Å². The van der Waals surface area contributed by atoms with Gasteiger partial charge in [-0.3, -0.25) is 9.59 Å². The molecule has 31 heavy (non-hydrogen) atoms. The fraction of sp³-hybridized carbons (Fsp3) is 0.286. The van der Waals surface area contributed by atoms with Gasteiger partial charge >= 0.3 is 5.97 Å². The topological polar surface area (TPSA) is 93.7 Å². The van der Waals surface area contributed by atoms with E-state index >= 15 is 0 Å². The molecule has 2 aromatic rings. The molecule has 2 rings (SSSR count). The van der Waals surface area contributed by atoms with Crippen molar-refractivity contribution in [2.45, 2.75) is 12.5 Å². The molecule has 0 spiro atoms. The standard InChI is InChI=1S/C21H22Cl2N2O5S/c1-29-18-8-7-13(11-16(18)23)24-19(26)12-30-21(28)17(9-10-31-2)25-20(27)14-5-3-4-6-15(14)22/h3-8,11,17H,9-10,12H2,1-2H3,(H,24,26)(H,25,27). The number of nitrogens with one attached hydrogen (secondary N) is 2. The van der Waals surface area contributed by atoms with Crippen molar-refractivity contribution in [3.05, 3.63) is 58.1 Å². The van der Waals surface area contributed by atoms with E-state index in [0.717, 1.165) is 0 Å². The lowest BCUT2D eigenvalue weighted by molar-refractivity contribution is -0.149. The van der Waals surface area contributed by atoms with Crippen LogP contribution in [0.25, 0.3) is 0 Å². The van der Waals surface area contributed by atoms with Crippen LogP contribution in [0.2, 0.25) is 10.0 Å². The summed E-state index contributed by atoms with van der Waals surface area (Å²) >= 11 is 13.6. The lowest BCUT2D eigenvalue weighted by atomic mass is 10.1. The van der Waals surface area contributed by atoms with E-state index in [0.29, 0.717) is 28.6 Å². The van der Waals surface area contributed by atoms with Crippen LogP contribution < -0.4 is 15.4 Å². The van der Waals surface area contributed by atoms with Gasteiger partial charge in [0.15, 0.2) is 6.61 Å². The largest absolute Gasteiger partial charge is 0.495 e. The molecule has 0 aliphatic carbocycles. The second-order valence-electron chi connectivity index (χ2n) is 6.29. The highest BCUT2D eigenvalue weighted by molar-refractivity contribution is 7.98. The fourth-order valence-electron chi connectivity index (χ4n) is 2.54. The molecule has 10 heteroatoms. The van der Waals surface area contributed by atoms with Crippen molar-refractivity contribution in [2.24, 2.45) is 0 Å². The van der Waals surface area contributed by atoms with E-state index in [4.69, 9.17) is 32.7 Å². The zero-order chi connectivity index (χ0) is 22.8. The maximum absolute atomic E-state index is 12.5. The minimum absolute atomic E-state index is 0.250. The summed E-state index contributed by atoms with van der Waals surface area (Å²) in [4.78, 5) is 37.1. The molecule has 0 aliphatic heterocycles. The van der Waals surface area contributed by atoms with Gasteiger partial charge in [0.1, 0.15) is 11.8 Å². The van der Waals surface area contributed by atoms with Crippen molar-refractivity contribution >= 4 is 58.4 Å². The number of anilines is 1. The average Bonchev–Trinajstić information content (AvgIpc) is 2.75. The summed E-state index contributed by atoms with van der Waals surface area (Å²) in [6.07, 6.45) is 2.22. The number of halogens is 2. The van der Waals surface area contributed by atoms with Crippen LogP contribution in [0.4, 0.5) is 5.69 Å². The van der Waals surface area contributed by atoms with Crippen molar-refractivity contribution in [3.63, 3.8) is 0 Å². The monoisotopic (exact) mass is 484 g/mol. The third-order valence-electron chi connectivity index (χ3n) is 4.10. The Morgan fingerprint density at radius 2 is 1.84 bits per heavy atom. The Morgan fingerprint density at radius 1 is 1.10 bits per heavy atom. The van der Waals surface area contributed by atoms with E-state index < -0.39 is 30.4 Å². The van der Waals surface area contributed by atoms with E-state index in [2.05, 4.69) is 10.6 Å². The Bertz CT molecular complexity index is 942. The Kier molecular flexibility index (Phi) is 9.97. The van der Waals surface area contributed by atoms with Crippen LogP contribution in [-0.4, -0.2) is 49.6 Å². The number of thioether (sulfide) groups is 1. The summed E-state index contributed by atoms with van der Waals surface area (Å²) in [5, 5.41) is 5.81. The van der Waals surface area contributed by atoms with E-state index in [1.807, 2.05) is 6.26 Å². The molecule has 0 saturated carbocycles. The number of rotatable bonds is 10. The highest BCUT2D eigenvalue weighted by Crippen LogP contribution is 2.27. The number of carbonyl (C=O) groups excluding carboxylic acids is 3. The summed E-state index contributed by atoms with van der Waals surface area (Å²) < 4.78 is 10.2. The number of benzene rings is 2. The molecule has 7 nitrogen and oxygen atoms in total. The van der Waals surface area contributed by atoms with Gasteiger partial charge < -0.3 is 20.1 Å². The SMILES string of the molecule is COc1ccc(NC(=O)COC(=O)C(CCSC)NC(=O)c2ccccc2Cl)cc1Cl. The molecule has 1 unspecified atom stereocenters. The number of methoxy groups -OCH3 is 1. The molecule has 0 saturated heterocycles. The molecule has 0 aliphatic rings. The number of hydrogen-bond acceptors (Lipinski definition) is 6. The molecule has 0 bridgehead atoms. The van der Waals surface area contributed by atoms with Crippen LogP contribution >= 0.6 is 35.0 Å². The Labute approximate surface area is 194 Å². The first-order valence-corrected chi connectivity index (χ1v) is 11.3. The lowest BCUT2D eigenvalue weighted by Gasteiger charge is -2.18. The summed E-state index contributed by atoms with van der Waals surface area (Å²) in [6, 6.07) is 10.3. The number of esters is 1.